The number of hydrogen-bond donors (Lipinski definition) is 1. The van der Waals surface area contributed by atoms with Crippen molar-refractivity contribution in [3.05, 3.63) is 12.2 Å². The molecule has 2 fully saturated rings. The van der Waals surface area contributed by atoms with E-state index in [2.05, 4.69) is 18.4 Å². The second-order valence-corrected chi connectivity index (χ2v) is 5.66. The molecule has 2 rings (SSSR count). The molecule has 20 heavy (non-hydrogen) atoms. The summed E-state index contributed by atoms with van der Waals surface area (Å²) in [7, 11) is 0. The van der Waals surface area contributed by atoms with E-state index in [-0.39, 0.29) is 0 Å². The lowest BCUT2D eigenvalue weighted by molar-refractivity contribution is -0.132. The third-order valence-corrected chi connectivity index (χ3v) is 3.58. The Morgan fingerprint density at radius 3 is 2.50 bits per heavy atom. The normalized spacial score (nSPS) is 19.9. The van der Waals surface area contributed by atoms with Crippen molar-refractivity contribution in [3.8, 4) is 0 Å². The predicted molar refractivity (Wildman–Crippen MR) is 80.9 cm³/mol. The molecule has 2 heterocycles. The molecule has 4 nitrogen and oxygen atoms in total. The SMILES string of the molecule is C(CCN1CC1)CC1CO1.C=C(CCCCC)C(=O)O. The quantitative estimate of drug-likeness (QED) is 0.380. The largest absolute Gasteiger partial charge is 0.478 e. The van der Waals surface area contributed by atoms with Gasteiger partial charge in [-0.1, -0.05) is 26.3 Å². The summed E-state index contributed by atoms with van der Waals surface area (Å²) >= 11 is 0. The van der Waals surface area contributed by atoms with Crippen LogP contribution in [0.1, 0.15) is 51.9 Å². The maximum absolute atomic E-state index is 10.2. The van der Waals surface area contributed by atoms with Crippen LogP contribution in [-0.2, 0) is 9.53 Å². The zero-order valence-electron chi connectivity index (χ0n) is 12.8. The summed E-state index contributed by atoms with van der Waals surface area (Å²) < 4.78 is 5.12. The molecule has 2 saturated heterocycles. The van der Waals surface area contributed by atoms with Gasteiger partial charge in [0.2, 0.25) is 0 Å². The van der Waals surface area contributed by atoms with Crippen molar-refractivity contribution in [2.45, 2.75) is 58.0 Å². The molecule has 1 unspecified atom stereocenters. The fraction of sp³-hybridized carbons (Fsp3) is 0.812. The van der Waals surface area contributed by atoms with Crippen LogP contribution in [-0.4, -0.2) is 48.3 Å². The first-order valence-electron chi connectivity index (χ1n) is 7.88. The van der Waals surface area contributed by atoms with Gasteiger partial charge in [0.1, 0.15) is 0 Å². The highest BCUT2D eigenvalue weighted by Gasteiger charge is 2.22. The minimum absolute atomic E-state index is 0.327. The maximum Gasteiger partial charge on any atom is 0.330 e. The number of hydrogen-bond acceptors (Lipinski definition) is 3. The van der Waals surface area contributed by atoms with Gasteiger partial charge in [0.15, 0.2) is 0 Å². The molecular formula is C16H29NO3. The topological polar surface area (TPSA) is 52.8 Å². The molecule has 0 radical (unpaired) electrons. The summed E-state index contributed by atoms with van der Waals surface area (Å²) in [5.41, 5.74) is 0.327. The predicted octanol–water partition coefficient (Wildman–Crippen LogP) is 3.08. The van der Waals surface area contributed by atoms with Crippen molar-refractivity contribution in [2.24, 2.45) is 0 Å². The number of nitrogens with zero attached hydrogens (tertiary/aromatic N) is 1. The highest BCUT2D eigenvalue weighted by atomic mass is 16.6. The number of ether oxygens (including phenoxy) is 1. The fourth-order valence-electron chi connectivity index (χ4n) is 1.93. The Hall–Kier alpha value is -0.870. The van der Waals surface area contributed by atoms with Crippen molar-refractivity contribution < 1.29 is 14.6 Å². The van der Waals surface area contributed by atoms with Crippen LogP contribution in [0.4, 0.5) is 0 Å². The second kappa shape index (κ2) is 9.94. The van der Waals surface area contributed by atoms with Crippen LogP contribution in [0, 0.1) is 0 Å². The summed E-state index contributed by atoms with van der Waals surface area (Å²) in [4.78, 5) is 12.7. The van der Waals surface area contributed by atoms with Crippen LogP contribution in [0.3, 0.4) is 0 Å². The number of carbonyl (C=O) groups is 1. The Bertz CT molecular complexity index is 282. The minimum Gasteiger partial charge on any atom is -0.478 e. The molecule has 0 aromatic rings. The van der Waals surface area contributed by atoms with Crippen molar-refractivity contribution in [3.63, 3.8) is 0 Å². The molecular weight excluding hydrogens is 254 g/mol. The Labute approximate surface area is 122 Å². The molecule has 0 saturated carbocycles. The average molecular weight is 283 g/mol. The van der Waals surface area contributed by atoms with Gasteiger partial charge in [-0.15, -0.1) is 0 Å². The van der Waals surface area contributed by atoms with Gasteiger partial charge < -0.3 is 14.7 Å². The van der Waals surface area contributed by atoms with Gasteiger partial charge in [-0.25, -0.2) is 4.79 Å². The number of carboxylic acids is 1. The van der Waals surface area contributed by atoms with Gasteiger partial charge >= 0.3 is 5.97 Å². The third kappa shape index (κ3) is 9.98. The van der Waals surface area contributed by atoms with Gasteiger partial charge in [-0.2, -0.15) is 0 Å². The lowest BCUT2D eigenvalue weighted by Gasteiger charge is -1.97. The molecule has 0 bridgehead atoms. The zero-order valence-corrected chi connectivity index (χ0v) is 12.8. The zero-order chi connectivity index (χ0) is 14.8. The van der Waals surface area contributed by atoms with Crippen LogP contribution >= 0.6 is 0 Å². The third-order valence-electron chi connectivity index (χ3n) is 3.58. The molecule has 0 aromatic carbocycles. The number of epoxide rings is 1. The Morgan fingerprint density at radius 1 is 1.30 bits per heavy atom. The van der Waals surface area contributed by atoms with Gasteiger partial charge in [-0.3, -0.25) is 0 Å². The standard InChI is InChI=1S/C8H15NO.C8H14O2/c1(3-8-7-10-8)2-4-9-5-6-9;1-3-4-5-6-7(2)8(9)10/h8H,1-7H2;2-6H2,1H3,(H,9,10). The summed E-state index contributed by atoms with van der Waals surface area (Å²) in [6, 6.07) is 0. The molecule has 0 amide bonds. The van der Waals surface area contributed by atoms with E-state index < -0.39 is 5.97 Å². The monoisotopic (exact) mass is 283 g/mol. The van der Waals surface area contributed by atoms with Crippen LogP contribution in [0.25, 0.3) is 0 Å². The van der Waals surface area contributed by atoms with Gasteiger partial charge in [0, 0.05) is 18.7 Å². The van der Waals surface area contributed by atoms with Crippen LogP contribution in [0.2, 0.25) is 0 Å². The molecule has 116 valence electrons. The minimum atomic E-state index is -0.865. The van der Waals surface area contributed by atoms with Crippen molar-refractivity contribution in [1.29, 1.82) is 0 Å². The van der Waals surface area contributed by atoms with Crippen molar-refractivity contribution in [1.82, 2.24) is 4.90 Å². The number of aliphatic carboxylic acids is 1. The smallest absolute Gasteiger partial charge is 0.330 e. The summed E-state index contributed by atoms with van der Waals surface area (Å²) in [5, 5.41) is 8.38. The lowest BCUT2D eigenvalue weighted by atomic mass is 10.1. The Morgan fingerprint density at radius 2 is 2.00 bits per heavy atom. The van der Waals surface area contributed by atoms with Crippen molar-refractivity contribution in [2.75, 3.05) is 26.2 Å². The van der Waals surface area contributed by atoms with E-state index in [1.807, 2.05) is 0 Å². The first-order chi connectivity index (χ1) is 9.63. The van der Waals surface area contributed by atoms with E-state index in [1.54, 1.807) is 0 Å². The molecule has 0 aromatic heterocycles. The summed E-state index contributed by atoms with van der Waals surface area (Å²) in [6.45, 7) is 10.6. The Balaban J connectivity index is 0.000000200. The van der Waals surface area contributed by atoms with E-state index in [0.717, 1.165) is 25.9 Å². The highest BCUT2D eigenvalue weighted by Crippen LogP contribution is 2.17. The molecule has 2 aliphatic rings. The molecule has 2 aliphatic heterocycles. The summed E-state index contributed by atoms with van der Waals surface area (Å²) in [6.07, 6.45) is 8.47. The summed E-state index contributed by atoms with van der Waals surface area (Å²) in [5.74, 6) is -0.865. The van der Waals surface area contributed by atoms with Crippen molar-refractivity contribution >= 4 is 5.97 Å². The van der Waals surface area contributed by atoms with Crippen LogP contribution in [0.5, 0.6) is 0 Å². The fourth-order valence-corrected chi connectivity index (χ4v) is 1.93. The number of unbranched alkanes of at least 4 members (excludes halogenated alkanes) is 3. The molecule has 1 N–H and O–H groups in total. The first kappa shape index (κ1) is 17.2. The first-order valence-corrected chi connectivity index (χ1v) is 7.88. The second-order valence-electron chi connectivity index (χ2n) is 5.66. The van der Waals surface area contributed by atoms with Crippen LogP contribution < -0.4 is 0 Å². The molecule has 1 atom stereocenters. The van der Waals surface area contributed by atoms with E-state index in [0.29, 0.717) is 18.1 Å². The van der Waals surface area contributed by atoms with Gasteiger partial charge in [0.25, 0.3) is 0 Å². The molecule has 0 aliphatic carbocycles. The van der Waals surface area contributed by atoms with E-state index >= 15 is 0 Å². The lowest BCUT2D eigenvalue weighted by Crippen LogP contribution is -1.99. The molecule has 4 heteroatoms. The average Bonchev–Trinajstić information content (AvgIpc) is 3.29. The Kier molecular flexibility index (Phi) is 8.54. The van der Waals surface area contributed by atoms with E-state index in [4.69, 9.17) is 9.84 Å². The highest BCUT2D eigenvalue weighted by molar-refractivity contribution is 5.85. The maximum atomic E-state index is 10.2. The van der Waals surface area contributed by atoms with E-state index in [9.17, 15) is 4.79 Å². The van der Waals surface area contributed by atoms with Crippen LogP contribution in [0.15, 0.2) is 12.2 Å². The number of rotatable bonds is 10. The van der Waals surface area contributed by atoms with Gasteiger partial charge in [-0.05, 0) is 38.6 Å². The van der Waals surface area contributed by atoms with Gasteiger partial charge in [0.05, 0.1) is 12.7 Å². The van der Waals surface area contributed by atoms with E-state index in [1.165, 1.54) is 38.9 Å². The molecule has 0 spiro atoms. The number of carboxylic acid groups (broad SMARTS) is 1.